The van der Waals surface area contributed by atoms with E-state index in [4.69, 9.17) is 4.74 Å². The van der Waals surface area contributed by atoms with Crippen LogP contribution in [-0.2, 0) is 6.54 Å². The normalized spacial score (nSPS) is 10.9. The highest BCUT2D eigenvalue weighted by molar-refractivity contribution is 5.94. The average Bonchev–Trinajstić information content (AvgIpc) is 2.91. The van der Waals surface area contributed by atoms with E-state index in [-0.39, 0.29) is 16.9 Å². The number of nitro groups is 1. The molecule has 35 heavy (non-hydrogen) atoms. The lowest BCUT2D eigenvalue weighted by atomic mass is 9.94. The van der Waals surface area contributed by atoms with Crippen LogP contribution in [0, 0.1) is 10.1 Å². The van der Waals surface area contributed by atoms with Crippen LogP contribution in [0.15, 0.2) is 108 Å². The number of para-hydroxylation sites is 1. The van der Waals surface area contributed by atoms with Crippen LogP contribution in [-0.4, -0.2) is 16.6 Å². The van der Waals surface area contributed by atoms with Crippen LogP contribution in [0.2, 0.25) is 0 Å². The Labute approximate surface area is 201 Å². The molecule has 0 N–H and O–H groups in total. The number of hydrogen-bond donors (Lipinski definition) is 0. The van der Waals surface area contributed by atoms with Crippen LogP contribution in [0.5, 0.6) is 5.75 Å². The van der Waals surface area contributed by atoms with E-state index in [0.717, 1.165) is 22.3 Å². The molecule has 0 atom stereocenters. The molecule has 5 rings (SSSR count). The van der Waals surface area contributed by atoms with E-state index in [1.807, 2.05) is 84.9 Å². The summed E-state index contributed by atoms with van der Waals surface area (Å²) in [5, 5.41) is 12.0. The predicted molar refractivity (Wildman–Crippen MR) is 138 cm³/mol. The van der Waals surface area contributed by atoms with Gasteiger partial charge in [0.25, 0.3) is 5.69 Å². The van der Waals surface area contributed by atoms with Gasteiger partial charge in [-0.1, -0.05) is 72.8 Å². The Morgan fingerprint density at radius 1 is 0.857 bits per heavy atom. The highest BCUT2D eigenvalue weighted by Gasteiger charge is 2.23. The van der Waals surface area contributed by atoms with Crippen LogP contribution >= 0.6 is 0 Å². The number of methoxy groups -OCH3 is 1. The van der Waals surface area contributed by atoms with Gasteiger partial charge in [0, 0.05) is 23.6 Å². The molecule has 0 amide bonds. The van der Waals surface area contributed by atoms with Crippen LogP contribution in [0.25, 0.3) is 33.3 Å². The summed E-state index contributed by atoms with van der Waals surface area (Å²) in [7, 11) is 1.45. The van der Waals surface area contributed by atoms with Crippen LogP contribution in [0.1, 0.15) is 5.56 Å². The smallest absolute Gasteiger partial charge is 0.273 e. The number of hydrogen-bond acceptors (Lipinski definition) is 4. The topological polar surface area (TPSA) is 74.4 Å². The zero-order valence-electron chi connectivity index (χ0n) is 19.0. The molecular formula is C29H22N2O4. The fourth-order valence-corrected chi connectivity index (χ4v) is 4.47. The standard InChI is InChI=1S/C29H22N2O4/c1-35-26-18-22(31(33)34)16-17-24(26)27-28(21-12-6-3-7-13-21)30(19-20-10-4-2-5-11-20)25-15-9-8-14-23(25)29(27)32/h2-18H,19H2,1H3. The molecule has 0 spiro atoms. The third kappa shape index (κ3) is 4.06. The summed E-state index contributed by atoms with van der Waals surface area (Å²) in [5.41, 5.74) is 4.18. The summed E-state index contributed by atoms with van der Waals surface area (Å²) in [4.78, 5) is 24.9. The summed E-state index contributed by atoms with van der Waals surface area (Å²) >= 11 is 0. The van der Waals surface area contributed by atoms with Crippen molar-refractivity contribution in [1.29, 1.82) is 0 Å². The minimum Gasteiger partial charge on any atom is -0.496 e. The molecule has 0 bridgehead atoms. The van der Waals surface area contributed by atoms with E-state index < -0.39 is 4.92 Å². The highest BCUT2D eigenvalue weighted by atomic mass is 16.6. The fraction of sp³-hybridized carbons (Fsp3) is 0.0690. The molecule has 0 radical (unpaired) electrons. The minimum atomic E-state index is -0.474. The van der Waals surface area contributed by atoms with Crippen LogP contribution in [0.4, 0.5) is 5.69 Å². The zero-order valence-corrected chi connectivity index (χ0v) is 19.0. The molecule has 0 unspecified atom stereocenters. The molecule has 5 aromatic rings. The van der Waals surface area contributed by atoms with Gasteiger partial charge in [-0.15, -0.1) is 0 Å². The van der Waals surface area contributed by atoms with E-state index in [1.165, 1.54) is 19.2 Å². The first kappa shape index (κ1) is 22.1. The van der Waals surface area contributed by atoms with Crippen molar-refractivity contribution in [3.8, 4) is 28.1 Å². The molecule has 4 aromatic carbocycles. The monoisotopic (exact) mass is 462 g/mol. The number of nitro benzene ring substituents is 1. The number of nitrogens with zero attached hydrogens (tertiary/aromatic N) is 2. The first-order valence-corrected chi connectivity index (χ1v) is 11.2. The summed E-state index contributed by atoms with van der Waals surface area (Å²) in [5.74, 6) is 0.273. The Morgan fingerprint density at radius 2 is 1.51 bits per heavy atom. The molecule has 0 saturated carbocycles. The van der Waals surface area contributed by atoms with Gasteiger partial charge in [0.15, 0.2) is 5.43 Å². The lowest BCUT2D eigenvalue weighted by molar-refractivity contribution is -0.384. The van der Waals surface area contributed by atoms with Crippen molar-refractivity contribution in [2.75, 3.05) is 7.11 Å². The second-order valence-electron chi connectivity index (χ2n) is 8.15. The largest absolute Gasteiger partial charge is 0.496 e. The van der Waals surface area contributed by atoms with E-state index >= 15 is 0 Å². The fourth-order valence-electron chi connectivity index (χ4n) is 4.47. The lowest BCUT2D eigenvalue weighted by Gasteiger charge is -2.22. The predicted octanol–water partition coefficient (Wildman–Crippen LogP) is 6.30. The van der Waals surface area contributed by atoms with Crippen molar-refractivity contribution in [3.05, 3.63) is 129 Å². The Balaban J connectivity index is 1.93. The summed E-state index contributed by atoms with van der Waals surface area (Å²) in [6, 6.07) is 31.7. The Bertz CT molecular complexity index is 1590. The summed E-state index contributed by atoms with van der Waals surface area (Å²) in [6.45, 7) is 0.536. The number of pyridine rings is 1. The van der Waals surface area contributed by atoms with Crippen LogP contribution in [0.3, 0.4) is 0 Å². The molecule has 6 heteroatoms. The Hall–Kier alpha value is -4.71. The van der Waals surface area contributed by atoms with E-state index in [2.05, 4.69) is 4.57 Å². The van der Waals surface area contributed by atoms with Gasteiger partial charge in [-0.2, -0.15) is 0 Å². The minimum absolute atomic E-state index is 0.0998. The van der Waals surface area contributed by atoms with Crippen molar-refractivity contribution in [2.45, 2.75) is 6.54 Å². The van der Waals surface area contributed by atoms with Gasteiger partial charge in [0.05, 0.1) is 34.9 Å². The van der Waals surface area contributed by atoms with Crippen molar-refractivity contribution in [3.63, 3.8) is 0 Å². The molecule has 0 aliphatic heterocycles. The Kier molecular flexibility index (Phi) is 5.85. The van der Waals surface area contributed by atoms with Gasteiger partial charge < -0.3 is 9.30 Å². The lowest BCUT2D eigenvalue weighted by Crippen LogP contribution is -2.17. The highest BCUT2D eigenvalue weighted by Crippen LogP contribution is 2.39. The van der Waals surface area contributed by atoms with Crippen molar-refractivity contribution in [1.82, 2.24) is 4.57 Å². The molecule has 0 saturated heterocycles. The first-order chi connectivity index (χ1) is 17.1. The zero-order chi connectivity index (χ0) is 24.4. The maximum atomic E-state index is 14.0. The number of aromatic nitrogens is 1. The van der Waals surface area contributed by atoms with Gasteiger partial charge in [-0.25, -0.2) is 0 Å². The van der Waals surface area contributed by atoms with Gasteiger partial charge >= 0.3 is 0 Å². The maximum absolute atomic E-state index is 14.0. The molecule has 0 aliphatic rings. The molecule has 0 aliphatic carbocycles. The molecule has 172 valence electrons. The number of fused-ring (bicyclic) bond motifs is 1. The maximum Gasteiger partial charge on any atom is 0.273 e. The molecular weight excluding hydrogens is 440 g/mol. The Morgan fingerprint density at radius 3 is 2.20 bits per heavy atom. The third-order valence-electron chi connectivity index (χ3n) is 6.07. The van der Waals surface area contributed by atoms with E-state index in [9.17, 15) is 14.9 Å². The molecule has 0 fully saturated rings. The quantitative estimate of drug-likeness (QED) is 0.219. The van der Waals surface area contributed by atoms with E-state index in [0.29, 0.717) is 23.1 Å². The van der Waals surface area contributed by atoms with Crippen molar-refractivity contribution >= 4 is 16.6 Å². The van der Waals surface area contributed by atoms with Gasteiger partial charge in [-0.3, -0.25) is 14.9 Å². The van der Waals surface area contributed by atoms with Crippen LogP contribution < -0.4 is 10.2 Å². The number of benzene rings is 4. The van der Waals surface area contributed by atoms with Gasteiger partial charge in [0.1, 0.15) is 5.75 Å². The molecule has 1 heterocycles. The summed E-state index contributed by atoms with van der Waals surface area (Å²) in [6.07, 6.45) is 0. The number of ether oxygens (including phenoxy) is 1. The first-order valence-electron chi connectivity index (χ1n) is 11.2. The second-order valence-corrected chi connectivity index (χ2v) is 8.15. The SMILES string of the molecule is COc1cc([N+](=O)[O-])ccc1-c1c(-c2ccccc2)n(Cc2ccccc2)c2ccccc2c1=O. The molecule has 6 nitrogen and oxygen atoms in total. The average molecular weight is 463 g/mol. The van der Waals surface area contributed by atoms with Crippen molar-refractivity contribution in [2.24, 2.45) is 0 Å². The van der Waals surface area contributed by atoms with Gasteiger partial charge in [0.2, 0.25) is 0 Å². The molecule has 1 aromatic heterocycles. The summed E-state index contributed by atoms with van der Waals surface area (Å²) < 4.78 is 7.69. The van der Waals surface area contributed by atoms with Gasteiger partial charge in [-0.05, 0) is 29.3 Å². The van der Waals surface area contributed by atoms with Crippen molar-refractivity contribution < 1.29 is 9.66 Å². The number of rotatable bonds is 6. The number of non-ortho nitro benzene ring substituents is 1. The second kappa shape index (κ2) is 9.27. The van der Waals surface area contributed by atoms with E-state index in [1.54, 1.807) is 6.07 Å². The third-order valence-corrected chi connectivity index (χ3v) is 6.07.